The standard InChI is InChI=1S/C31H46N6O6/c1-5-6-7-15-33-29-25(22(2)34-30(32)35-29)13-9-16-36(20-24-12-8-11-23(18-24)19-28(39)41-3)26(38)21-37-17-10-14-27(37)43-31(40)42-4/h8,11-12,18,27H,5-7,9-10,13-17,19-21H2,1-4H3,(H3,32,33,34,35)/t27-/m0/s1. The van der Waals surface area contributed by atoms with Crippen molar-refractivity contribution in [1.82, 2.24) is 19.8 Å². The van der Waals surface area contributed by atoms with Gasteiger partial charge in [-0.25, -0.2) is 9.78 Å². The maximum absolute atomic E-state index is 13.7. The summed E-state index contributed by atoms with van der Waals surface area (Å²) in [6, 6.07) is 7.61. The molecule has 12 nitrogen and oxygen atoms in total. The zero-order valence-corrected chi connectivity index (χ0v) is 25.9. The van der Waals surface area contributed by atoms with E-state index in [2.05, 4.69) is 26.9 Å². The van der Waals surface area contributed by atoms with Crippen LogP contribution in [0.5, 0.6) is 0 Å². The number of hydrogen-bond donors (Lipinski definition) is 2. The summed E-state index contributed by atoms with van der Waals surface area (Å²) in [6.45, 7) is 6.49. The lowest BCUT2D eigenvalue weighted by Crippen LogP contribution is -2.43. The lowest BCUT2D eigenvalue weighted by atomic mass is 10.1. The molecule has 1 amide bonds. The van der Waals surface area contributed by atoms with E-state index in [0.717, 1.165) is 60.4 Å². The number of nitrogens with two attached hydrogens (primary N) is 1. The van der Waals surface area contributed by atoms with Gasteiger partial charge in [0, 0.05) is 37.4 Å². The third-order valence-electron chi connectivity index (χ3n) is 7.49. The number of carbonyl (C=O) groups is 3. The Bertz CT molecular complexity index is 1230. The number of esters is 1. The Hall–Kier alpha value is -3.93. The van der Waals surface area contributed by atoms with E-state index < -0.39 is 12.4 Å². The summed E-state index contributed by atoms with van der Waals surface area (Å²) in [6.07, 6.45) is 4.97. The van der Waals surface area contributed by atoms with Crippen LogP contribution >= 0.6 is 0 Å². The van der Waals surface area contributed by atoms with E-state index in [9.17, 15) is 14.4 Å². The number of aromatic nitrogens is 2. The van der Waals surface area contributed by atoms with Gasteiger partial charge in [-0.05, 0) is 50.2 Å². The predicted octanol–water partition coefficient (Wildman–Crippen LogP) is 3.85. The van der Waals surface area contributed by atoms with E-state index in [1.54, 1.807) is 0 Å². The van der Waals surface area contributed by atoms with Crippen LogP contribution in [0.4, 0.5) is 16.6 Å². The van der Waals surface area contributed by atoms with Crippen molar-refractivity contribution >= 4 is 29.8 Å². The molecule has 1 saturated heterocycles. The summed E-state index contributed by atoms with van der Waals surface area (Å²) in [5, 5.41) is 3.42. The molecule has 0 saturated carbocycles. The SMILES string of the molecule is CCCCCNc1nc(N)nc(C)c1CCCN(Cc1cccc(CC(=O)OC)c1)C(=O)CN1CCC[C@@H]1OC(=O)OC. The number of nitrogen functional groups attached to an aromatic ring is 1. The minimum absolute atomic E-state index is 0.0815. The number of likely N-dealkylation sites (tertiary alicyclic amines) is 1. The third-order valence-corrected chi connectivity index (χ3v) is 7.49. The highest BCUT2D eigenvalue weighted by Gasteiger charge is 2.31. The van der Waals surface area contributed by atoms with E-state index in [1.807, 2.05) is 41.0 Å². The van der Waals surface area contributed by atoms with Crippen molar-refractivity contribution in [2.24, 2.45) is 0 Å². The number of methoxy groups -OCH3 is 2. The van der Waals surface area contributed by atoms with Crippen LogP contribution in [0.15, 0.2) is 24.3 Å². The van der Waals surface area contributed by atoms with Crippen molar-refractivity contribution in [3.8, 4) is 0 Å². The zero-order chi connectivity index (χ0) is 31.2. The lowest BCUT2D eigenvalue weighted by Gasteiger charge is -2.28. The minimum atomic E-state index is -0.760. The quantitative estimate of drug-likeness (QED) is 0.214. The van der Waals surface area contributed by atoms with E-state index in [-0.39, 0.29) is 30.8 Å². The average Bonchev–Trinajstić information content (AvgIpc) is 3.41. The summed E-state index contributed by atoms with van der Waals surface area (Å²) in [5.41, 5.74) is 9.48. The number of aryl methyl sites for hydroxylation is 1. The van der Waals surface area contributed by atoms with Crippen LogP contribution in [-0.2, 0) is 43.2 Å². The fourth-order valence-electron chi connectivity index (χ4n) is 5.22. The third kappa shape index (κ3) is 10.7. The zero-order valence-electron chi connectivity index (χ0n) is 25.9. The number of ether oxygens (including phenoxy) is 3. The predicted molar refractivity (Wildman–Crippen MR) is 163 cm³/mol. The number of unbranched alkanes of at least 4 members (excludes halogenated alkanes) is 2. The second kappa shape index (κ2) is 17.3. The molecule has 2 heterocycles. The molecule has 3 rings (SSSR count). The number of amides is 1. The number of hydrogen-bond acceptors (Lipinski definition) is 11. The normalized spacial score (nSPS) is 14.7. The first-order chi connectivity index (χ1) is 20.7. The molecule has 0 bridgehead atoms. The van der Waals surface area contributed by atoms with Gasteiger partial charge in [-0.15, -0.1) is 0 Å². The van der Waals surface area contributed by atoms with Gasteiger partial charge in [0.2, 0.25) is 11.9 Å². The fourth-order valence-corrected chi connectivity index (χ4v) is 5.22. The maximum Gasteiger partial charge on any atom is 0.509 e. The molecule has 12 heteroatoms. The van der Waals surface area contributed by atoms with Crippen molar-refractivity contribution in [2.75, 3.05) is 51.4 Å². The Morgan fingerprint density at radius 3 is 2.65 bits per heavy atom. The van der Waals surface area contributed by atoms with Crippen LogP contribution in [0.25, 0.3) is 0 Å². The van der Waals surface area contributed by atoms with Gasteiger partial charge in [0.25, 0.3) is 0 Å². The Labute approximate surface area is 254 Å². The molecular weight excluding hydrogens is 552 g/mol. The average molecular weight is 599 g/mol. The smallest absolute Gasteiger partial charge is 0.469 e. The van der Waals surface area contributed by atoms with Gasteiger partial charge in [0.15, 0.2) is 6.23 Å². The van der Waals surface area contributed by atoms with Gasteiger partial charge in [-0.3, -0.25) is 14.5 Å². The topological polar surface area (TPSA) is 149 Å². The van der Waals surface area contributed by atoms with Crippen LogP contribution in [0.3, 0.4) is 0 Å². The molecular formula is C31H46N6O6. The summed E-state index contributed by atoms with van der Waals surface area (Å²) in [7, 11) is 2.63. The first-order valence-corrected chi connectivity index (χ1v) is 15.0. The second-order valence-corrected chi connectivity index (χ2v) is 10.8. The molecule has 0 unspecified atom stereocenters. The number of carbonyl (C=O) groups excluding carboxylic acids is 3. The number of anilines is 2. The molecule has 236 valence electrons. The number of nitrogens with zero attached hydrogens (tertiary/aromatic N) is 4. The summed E-state index contributed by atoms with van der Waals surface area (Å²) in [5.74, 6) is 0.574. The second-order valence-electron chi connectivity index (χ2n) is 10.8. The fraction of sp³-hybridized carbons (Fsp3) is 0.581. The van der Waals surface area contributed by atoms with E-state index in [0.29, 0.717) is 38.9 Å². The number of nitrogens with one attached hydrogen (secondary N) is 1. The molecule has 43 heavy (non-hydrogen) atoms. The van der Waals surface area contributed by atoms with Gasteiger partial charge >= 0.3 is 12.1 Å². The molecule has 0 radical (unpaired) electrons. The molecule has 3 N–H and O–H groups in total. The number of benzene rings is 1. The first kappa shape index (κ1) is 33.6. The Kier molecular flexibility index (Phi) is 13.5. The maximum atomic E-state index is 13.7. The first-order valence-electron chi connectivity index (χ1n) is 15.0. The van der Waals surface area contributed by atoms with Crippen LogP contribution < -0.4 is 11.1 Å². The molecule has 0 spiro atoms. The molecule has 0 aliphatic carbocycles. The van der Waals surface area contributed by atoms with E-state index in [4.69, 9.17) is 15.2 Å². The number of rotatable bonds is 16. The molecule has 1 aromatic carbocycles. The highest BCUT2D eigenvalue weighted by Crippen LogP contribution is 2.22. The van der Waals surface area contributed by atoms with E-state index in [1.165, 1.54) is 14.2 Å². The molecule has 1 atom stereocenters. The largest absolute Gasteiger partial charge is 0.509 e. The molecule has 1 fully saturated rings. The van der Waals surface area contributed by atoms with Crippen molar-refractivity contribution < 1.29 is 28.6 Å². The lowest BCUT2D eigenvalue weighted by molar-refractivity contribution is -0.139. The highest BCUT2D eigenvalue weighted by molar-refractivity contribution is 5.78. The molecule has 1 aliphatic heterocycles. The van der Waals surface area contributed by atoms with Crippen molar-refractivity contribution in [3.63, 3.8) is 0 Å². The van der Waals surface area contributed by atoms with Gasteiger partial charge in [0.05, 0.1) is 27.2 Å². The van der Waals surface area contributed by atoms with E-state index >= 15 is 0 Å². The van der Waals surface area contributed by atoms with Crippen molar-refractivity contribution in [2.45, 2.75) is 78.0 Å². The van der Waals surface area contributed by atoms with Crippen LogP contribution in [0.1, 0.15) is 67.8 Å². The van der Waals surface area contributed by atoms with Crippen LogP contribution in [0.2, 0.25) is 0 Å². The molecule has 2 aromatic rings. The van der Waals surface area contributed by atoms with Crippen LogP contribution in [0, 0.1) is 6.92 Å². The monoisotopic (exact) mass is 598 g/mol. The van der Waals surface area contributed by atoms with Crippen LogP contribution in [-0.4, -0.2) is 84.4 Å². The Morgan fingerprint density at radius 2 is 1.91 bits per heavy atom. The molecule has 1 aliphatic rings. The highest BCUT2D eigenvalue weighted by atomic mass is 16.7. The Morgan fingerprint density at radius 1 is 1.12 bits per heavy atom. The van der Waals surface area contributed by atoms with Gasteiger partial charge < -0.3 is 30.2 Å². The van der Waals surface area contributed by atoms with Gasteiger partial charge in [-0.1, -0.05) is 44.0 Å². The molecule has 1 aromatic heterocycles. The summed E-state index contributed by atoms with van der Waals surface area (Å²) >= 11 is 0. The minimum Gasteiger partial charge on any atom is -0.469 e. The van der Waals surface area contributed by atoms with Gasteiger partial charge in [-0.2, -0.15) is 4.98 Å². The summed E-state index contributed by atoms with van der Waals surface area (Å²) < 4.78 is 14.8. The van der Waals surface area contributed by atoms with Gasteiger partial charge in [0.1, 0.15) is 5.82 Å². The summed E-state index contributed by atoms with van der Waals surface area (Å²) in [4.78, 5) is 49.8. The Balaban J connectivity index is 1.75. The van der Waals surface area contributed by atoms with Crippen molar-refractivity contribution in [1.29, 1.82) is 0 Å². The van der Waals surface area contributed by atoms with Crippen molar-refractivity contribution in [3.05, 3.63) is 46.6 Å².